The topological polar surface area (TPSA) is 38.9 Å². The van der Waals surface area contributed by atoms with E-state index in [1.807, 2.05) is 0 Å². The number of benzene rings is 1. The Morgan fingerprint density at radius 2 is 1.91 bits per heavy atom. The van der Waals surface area contributed by atoms with Crippen LogP contribution in [-0.2, 0) is 0 Å². The number of aryl methyl sites for hydroxylation is 1. The van der Waals surface area contributed by atoms with Gasteiger partial charge in [-0.3, -0.25) is 0 Å². The maximum atomic E-state index is 12.4. The third kappa shape index (κ3) is 3.20. The Morgan fingerprint density at radius 1 is 1.14 bits per heavy atom. The Kier molecular flexibility index (Phi) is 3.78. The van der Waals surface area contributed by atoms with Crippen molar-refractivity contribution in [2.24, 2.45) is 0 Å². The average Bonchev–Trinajstić information content (AvgIpc) is 2.82. The SMILES string of the molecule is Cc1ccc(Cl)c(-c2nc3cc(SC(F)(F)F)ccc3o2)n1. The molecule has 0 saturated carbocycles. The van der Waals surface area contributed by atoms with Gasteiger partial charge in [0.25, 0.3) is 0 Å². The maximum absolute atomic E-state index is 12.4. The molecule has 2 heterocycles. The van der Waals surface area contributed by atoms with E-state index < -0.39 is 5.51 Å². The molecule has 3 rings (SSSR count). The molecule has 0 spiro atoms. The first-order valence-electron chi connectivity index (χ1n) is 6.12. The molecule has 8 heteroatoms. The highest BCUT2D eigenvalue weighted by molar-refractivity contribution is 8.00. The van der Waals surface area contributed by atoms with Gasteiger partial charge in [-0.25, -0.2) is 9.97 Å². The predicted octanol–water partition coefficient (Wildman–Crippen LogP) is 5.46. The van der Waals surface area contributed by atoms with Gasteiger partial charge in [0, 0.05) is 10.6 Å². The number of thioether (sulfide) groups is 1. The van der Waals surface area contributed by atoms with Crippen LogP contribution in [0.15, 0.2) is 39.6 Å². The zero-order valence-corrected chi connectivity index (χ0v) is 12.7. The summed E-state index contributed by atoms with van der Waals surface area (Å²) in [6.07, 6.45) is 0. The largest absolute Gasteiger partial charge is 0.446 e. The van der Waals surface area contributed by atoms with Crippen molar-refractivity contribution in [3.05, 3.63) is 41.0 Å². The highest BCUT2D eigenvalue weighted by atomic mass is 35.5. The Bertz CT molecular complexity index is 848. The summed E-state index contributed by atoms with van der Waals surface area (Å²) in [5, 5.41) is 0.363. The number of hydrogen-bond acceptors (Lipinski definition) is 4. The van der Waals surface area contributed by atoms with Crippen molar-refractivity contribution >= 4 is 34.5 Å². The number of hydrogen-bond donors (Lipinski definition) is 0. The second-order valence-electron chi connectivity index (χ2n) is 4.48. The monoisotopic (exact) mass is 344 g/mol. The zero-order chi connectivity index (χ0) is 15.9. The second kappa shape index (κ2) is 5.48. The molecule has 0 atom stereocenters. The molecule has 0 aliphatic rings. The van der Waals surface area contributed by atoms with E-state index in [0.29, 0.717) is 21.8 Å². The number of pyridine rings is 1. The van der Waals surface area contributed by atoms with E-state index in [1.54, 1.807) is 19.1 Å². The molecule has 0 saturated heterocycles. The number of rotatable bonds is 2. The first-order chi connectivity index (χ1) is 10.3. The van der Waals surface area contributed by atoms with Gasteiger partial charge in [-0.2, -0.15) is 13.2 Å². The molecule has 3 aromatic rings. The molecule has 0 bridgehead atoms. The van der Waals surface area contributed by atoms with Crippen molar-refractivity contribution in [2.45, 2.75) is 17.3 Å². The molecule has 0 amide bonds. The second-order valence-corrected chi connectivity index (χ2v) is 6.03. The van der Waals surface area contributed by atoms with E-state index >= 15 is 0 Å². The number of nitrogens with zero attached hydrogens (tertiary/aromatic N) is 2. The lowest BCUT2D eigenvalue weighted by atomic mass is 10.3. The van der Waals surface area contributed by atoms with Crippen LogP contribution in [0.2, 0.25) is 5.02 Å². The van der Waals surface area contributed by atoms with Gasteiger partial charge in [0.05, 0.1) is 5.02 Å². The molecule has 114 valence electrons. The van der Waals surface area contributed by atoms with Crippen molar-refractivity contribution in [1.82, 2.24) is 9.97 Å². The van der Waals surface area contributed by atoms with Crippen LogP contribution in [0, 0.1) is 6.92 Å². The fourth-order valence-electron chi connectivity index (χ4n) is 1.90. The van der Waals surface area contributed by atoms with Crippen molar-refractivity contribution < 1.29 is 17.6 Å². The van der Waals surface area contributed by atoms with Crippen molar-refractivity contribution in [1.29, 1.82) is 0 Å². The third-order valence-corrected chi connectivity index (χ3v) is 3.81. The van der Waals surface area contributed by atoms with Crippen LogP contribution < -0.4 is 0 Å². The number of oxazole rings is 1. The van der Waals surface area contributed by atoms with Crippen LogP contribution in [0.3, 0.4) is 0 Å². The fourth-order valence-corrected chi connectivity index (χ4v) is 2.66. The summed E-state index contributed by atoms with van der Waals surface area (Å²) >= 11 is 5.86. The molecule has 0 radical (unpaired) electrons. The van der Waals surface area contributed by atoms with Gasteiger partial charge >= 0.3 is 5.51 Å². The first-order valence-corrected chi connectivity index (χ1v) is 7.31. The van der Waals surface area contributed by atoms with E-state index in [-0.39, 0.29) is 22.5 Å². The van der Waals surface area contributed by atoms with Gasteiger partial charge in [-0.05, 0) is 49.0 Å². The summed E-state index contributed by atoms with van der Waals surface area (Å²) in [5.74, 6) is 0.179. The van der Waals surface area contributed by atoms with Crippen molar-refractivity contribution in [3.8, 4) is 11.6 Å². The molecule has 0 aliphatic heterocycles. The normalized spacial score (nSPS) is 12.0. The first kappa shape index (κ1) is 15.2. The molecule has 0 fully saturated rings. The van der Waals surface area contributed by atoms with Gasteiger partial charge in [0.1, 0.15) is 11.2 Å². The highest BCUT2D eigenvalue weighted by Gasteiger charge is 2.29. The molecule has 3 nitrogen and oxygen atoms in total. The summed E-state index contributed by atoms with van der Waals surface area (Å²) in [7, 11) is 0. The molecule has 0 unspecified atom stereocenters. The molecule has 0 aliphatic carbocycles. The van der Waals surface area contributed by atoms with Gasteiger partial charge < -0.3 is 4.42 Å². The number of aromatic nitrogens is 2. The summed E-state index contributed by atoms with van der Waals surface area (Å²) in [6, 6.07) is 7.51. The molecule has 22 heavy (non-hydrogen) atoms. The molecule has 2 aromatic heterocycles. The summed E-state index contributed by atoms with van der Waals surface area (Å²) in [6.45, 7) is 1.79. The Morgan fingerprint density at radius 3 is 2.64 bits per heavy atom. The minimum Gasteiger partial charge on any atom is -0.435 e. The highest BCUT2D eigenvalue weighted by Crippen LogP contribution is 2.38. The van der Waals surface area contributed by atoms with Crippen molar-refractivity contribution in [2.75, 3.05) is 0 Å². The summed E-state index contributed by atoms with van der Waals surface area (Å²) < 4.78 is 42.7. The van der Waals surface area contributed by atoms with Crippen LogP contribution in [0.25, 0.3) is 22.7 Å². The van der Waals surface area contributed by atoms with Crippen LogP contribution >= 0.6 is 23.4 Å². The number of fused-ring (bicyclic) bond motifs is 1. The van der Waals surface area contributed by atoms with E-state index in [4.69, 9.17) is 16.0 Å². The zero-order valence-electron chi connectivity index (χ0n) is 11.1. The molecular weight excluding hydrogens is 337 g/mol. The van der Waals surface area contributed by atoms with E-state index in [2.05, 4.69) is 9.97 Å². The van der Waals surface area contributed by atoms with Gasteiger partial charge in [-0.1, -0.05) is 11.6 Å². The lowest BCUT2D eigenvalue weighted by molar-refractivity contribution is -0.0328. The van der Waals surface area contributed by atoms with E-state index in [0.717, 1.165) is 5.69 Å². The number of alkyl halides is 3. The molecule has 0 N–H and O–H groups in total. The van der Waals surface area contributed by atoms with Crippen LogP contribution in [0.4, 0.5) is 13.2 Å². The number of halogens is 4. The Labute approximate surface area is 132 Å². The fraction of sp³-hybridized carbons (Fsp3) is 0.143. The lowest BCUT2D eigenvalue weighted by Crippen LogP contribution is -1.98. The van der Waals surface area contributed by atoms with Crippen LogP contribution in [0.5, 0.6) is 0 Å². The molecule has 1 aromatic carbocycles. The summed E-state index contributed by atoms with van der Waals surface area (Å²) in [5.41, 5.74) is -2.55. The summed E-state index contributed by atoms with van der Waals surface area (Å²) in [4.78, 5) is 8.47. The minimum absolute atomic E-state index is 0.0446. The van der Waals surface area contributed by atoms with Crippen LogP contribution in [0.1, 0.15) is 5.69 Å². The lowest BCUT2D eigenvalue weighted by Gasteiger charge is -2.04. The van der Waals surface area contributed by atoms with Gasteiger partial charge in [0.2, 0.25) is 5.89 Å². The smallest absolute Gasteiger partial charge is 0.435 e. The Hall–Kier alpha value is -1.73. The molecular formula is C14H8ClF3N2OS. The quantitative estimate of drug-likeness (QED) is 0.578. The van der Waals surface area contributed by atoms with E-state index in [1.165, 1.54) is 18.2 Å². The van der Waals surface area contributed by atoms with Crippen LogP contribution in [-0.4, -0.2) is 15.5 Å². The Balaban J connectivity index is 2.04. The minimum atomic E-state index is -4.35. The predicted molar refractivity (Wildman–Crippen MR) is 78.9 cm³/mol. The van der Waals surface area contributed by atoms with E-state index in [9.17, 15) is 13.2 Å². The third-order valence-electron chi connectivity index (χ3n) is 2.78. The standard InChI is InChI=1S/C14H8ClF3N2OS/c1-7-2-4-9(15)12(19-7)13-20-10-6-8(22-14(16,17)18)3-5-11(10)21-13/h2-6H,1H3. The van der Waals surface area contributed by atoms with Crippen molar-refractivity contribution in [3.63, 3.8) is 0 Å². The maximum Gasteiger partial charge on any atom is 0.446 e. The average molecular weight is 345 g/mol. The van der Waals surface area contributed by atoms with Gasteiger partial charge in [-0.15, -0.1) is 0 Å². The van der Waals surface area contributed by atoms with Gasteiger partial charge in [0.15, 0.2) is 5.58 Å².